The molecule has 3 rings (SSSR count). The van der Waals surface area contributed by atoms with Crippen molar-refractivity contribution in [1.82, 2.24) is 0 Å². The molecule has 0 aliphatic carbocycles. The van der Waals surface area contributed by atoms with Crippen LogP contribution in [0.3, 0.4) is 0 Å². The Bertz CT molecular complexity index is 903. The summed E-state index contributed by atoms with van der Waals surface area (Å²) in [4.78, 5) is 23.2. The Morgan fingerprint density at radius 3 is 2.64 bits per heavy atom. The topological polar surface area (TPSA) is 75.6 Å². The molecule has 2 N–H and O–H groups in total. The number of hydrogen-bond acceptors (Lipinski definition) is 4. The number of benzene rings is 2. The third-order valence-corrected chi connectivity index (χ3v) is 3.35. The lowest BCUT2D eigenvalue weighted by atomic mass is 10.1. The molecule has 0 fully saturated rings. The van der Waals surface area contributed by atoms with Crippen LogP contribution in [0.1, 0.15) is 15.9 Å². The van der Waals surface area contributed by atoms with E-state index in [1.54, 1.807) is 5.32 Å². The van der Waals surface area contributed by atoms with Crippen molar-refractivity contribution < 1.29 is 32.6 Å². The first kappa shape index (κ1) is 16.6. The van der Waals surface area contributed by atoms with Gasteiger partial charge in [-0.05, 0) is 35.9 Å². The van der Waals surface area contributed by atoms with Gasteiger partial charge in [0.25, 0.3) is 0 Å². The molecular formula is C17H10F3NO4. The number of aromatic hydroxyl groups is 1. The number of halogens is 3. The van der Waals surface area contributed by atoms with Crippen molar-refractivity contribution in [2.45, 2.75) is 6.18 Å². The van der Waals surface area contributed by atoms with Crippen molar-refractivity contribution in [3.63, 3.8) is 0 Å². The summed E-state index contributed by atoms with van der Waals surface area (Å²) in [6.07, 6.45) is -3.66. The average Bonchev–Trinajstić information content (AvgIpc) is 2.82. The van der Waals surface area contributed by atoms with E-state index >= 15 is 0 Å². The fraction of sp³-hybridized carbons (Fsp3) is 0.0588. The predicted molar refractivity (Wildman–Crippen MR) is 82.2 cm³/mol. The lowest BCUT2D eigenvalue weighted by Gasteiger charge is -2.08. The average molecular weight is 349 g/mol. The number of ketones is 1. The van der Waals surface area contributed by atoms with Gasteiger partial charge in [-0.3, -0.25) is 9.59 Å². The van der Waals surface area contributed by atoms with Crippen molar-refractivity contribution in [2.24, 2.45) is 0 Å². The van der Waals surface area contributed by atoms with Crippen LogP contribution in [0.5, 0.6) is 11.5 Å². The maximum absolute atomic E-state index is 12.3. The van der Waals surface area contributed by atoms with Gasteiger partial charge < -0.3 is 15.2 Å². The predicted octanol–water partition coefficient (Wildman–Crippen LogP) is 3.51. The van der Waals surface area contributed by atoms with Crippen LogP contribution in [0.15, 0.2) is 48.2 Å². The third kappa shape index (κ3) is 3.47. The van der Waals surface area contributed by atoms with Gasteiger partial charge in [0.2, 0.25) is 5.78 Å². The number of hydrogen-bond donors (Lipinski definition) is 2. The van der Waals surface area contributed by atoms with Crippen molar-refractivity contribution in [2.75, 3.05) is 5.32 Å². The van der Waals surface area contributed by atoms with Crippen molar-refractivity contribution in [1.29, 1.82) is 0 Å². The summed E-state index contributed by atoms with van der Waals surface area (Å²) in [6, 6.07) is 9.56. The Morgan fingerprint density at radius 2 is 1.92 bits per heavy atom. The first-order valence-corrected chi connectivity index (χ1v) is 6.99. The number of rotatable bonds is 2. The standard InChI is InChI=1S/C17H10F3NO4/c18-17(19,20)16(24)21-10-3-1-2-9(6-10)7-14-15(23)12-5-4-11(22)8-13(12)25-14/h1-8,22H,(H,21,24)/b14-7+. The number of anilines is 1. The van der Waals surface area contributed by atoms with Crippen LogP contribution in [-0.4, -0.2) is 23.0 Å². The van der Waals surface area contributed by atoms with Gasteiger partial charge in [0.15, 0.2) is 5.76 Å². The van der Waals surface area contributed by atoms with E-state index in [0.717, 1.165) is 0 Å². The summed E-state index contributed by atoms with van der Waals surface area (Å²) in [5.74, 6) is -2.42. The molecule has 1 aliphatic rings. The van der Waals surface area contributed by atoms with E-state index < -0.39 is 17.9 Å². The van der Waals surface area contributed by atoms with Gasteiger partial charge in [-0.15, -0.1) is 0 Å². The van der Waals surface area contributed by atoms with E-state index in [9.17, 15) is 27.9 Å². The van der Waals surface area contributed by atoms with Crippen LogP contribution >= 0.6 is 0 Å². The summed E-state index contributed by atoms with van der Waals surface area (Å²) in [6.45, 7) is 0. The van der Waals surface area contributed by atoms with E-state index in [2.05, 4.69) is 0 Å². The minimum absolute atomic E-state index is 0.0418. The Labute approximate surface area is 139 Å². The molecule has 0 atom stereocenters. The molecule has 0 bridgehead atoms. The summed E-state index contributed by atoms with van der Waals surface area (Å²) in [5, 5.41) is 11.1. The highest BCUT2D eigenvalue weighted by Crippen LogP contribution is 2.34. The second-order valence-electron chi connectivity index (χ2n) is 5.20. The largest absolute Gasteiger partial charge is 0.508 e. The van der Waals surface area contributed by atoms with Gasteiger partial charge in [0.1, 0.15) is 11.5 Å². The number of carbonyl (C=O) groups is 2. The lowest BCUT2D eigenvalue weighted by molar-refractivity contribution is -0.167. The van der Waals surface area contributed by atoms with Crippen LogP contribution in [0.2, 0.25) is 0 Å². The molecule has 1 aliphatic heterocycles. The van der Waals surface area contributed by atoms with Gasteiger partial charge >= 0.3 is 12.1 Å². The van der Waals surface area contributed by atoms with Crippen LogP contribution in [0, 0.1) is 0 Å². The van der Waals surface area contributed by atoms with Crippen molar-refractivity contribution >= 4 is 23.5 Å². The molecule has 0 radical (unpaired) electrons. The Kier molecular flexibility index (Phi) is 3.96. The molecule has 0 saturated carbocycles. The van der Waals surface area contributed by atoms with Gasteiger partial charge in [-0.2, -0.15) is 13.2 Å². The molecule has 128 valence electrons. The molecule has 2 aromatic carbocycles. The van der Waals surface area contributed by atoms with Gasteiger partial charge in [0.05, 0.1) is 5.56 Å². The number of fused-ring (bicyclic) bond motifs is 1. The monoisotopic (exact) mass is 349 g/mol. The second kappa shape index (κ2) is 5.97. The lowest BCUT2D eigenvalue weighted by Crippen LogP contribution is -2.29. The summed E-state index contributed by atoms with van der Waals surface area (Å²) < 4.78 is 42.2. The Morgan fingerprint density at radius 1 is 1.16 bits per heavy atom. The van der Waals surface area contributed by atoms with Crippen LogP contribution < -0.4 is 10.1 Å². The van der Waals surface area contributed by atoms with Crippen LogP contribution in [0.25, 0.3) is 6.08 Å². The van der Waals surface area contributed by atoms with Gasteiger partial charge in [0, 0.05) is 11.8 Å². The summed E-state index contributed by atoms with van der Waals surface area (Å²) >= 11 is 0. The minimum atomic E-state index is -5.00. The summed E-state index contributed by atoms with van der Waals surface area (Å²) in [5.41, 5.74) is 0.559. The number of ether oxygens (including phenoxy) is 1. The molecule has 1 amide bonds. The maximum Gasteiger partial charge on any atom is 0.471 e. The highest BCUT2D eigenvalue weighted by molar-refractivity contribution is 6.14. The zero-order valence-corrected chi connectivity index (χ0v) is 12.4. The Hall–Kier alpha value is -3.29. The molecule has 0 spiro atoms. The molecule has 0 aromatic heterocycles. The minimum Gasteiger partial charge on any atom is -0.508 e. The van der Waals surface area contributed by atoms with E-state index in [1.165, 1.54) is 48.5 Å². The Balaban J connectivity index is 1.84. The fourth-order valence-corrected chi connectivity index (χ4v) is 2.24. The zero-order chi connectivity index (χ0) is 18.2. The first-order valence-electron chi connectivity index (χ1n) is 6.99. The van der Waals surface area contributed by atoms with E-state index in [-0.39, 0.29) is 28.5 Å². The summed E-state index contributed by atoms with van der Waals surface area (Å²) in [7, 11) is 0. The number of alkyl halides is 3. The highest BCUT2D eigenvalue weighted by Gasteiger charge is 2.38. The van der Waals surface area contributed by atoms with E-state index in [4.69, 9.17) is 4.74 Å². The molecule has 1 heterocycles. The molecule has 0 unspecified atom stereocenters. The SMILES string of the molecule is O=C1/C(=C\c2cccc(NC(=O)C(F)(F)F)c2)Oc2cc(O)ccc21. The van der Waals surface area contributed by atoms with Crippen molar-refractivity contribution in [3.05, 3.63) is 59.4 Å². The van der Waals surface area contributed by atoms with Gasteiger partial charge in [-0.25, -0.2) is 0 Å². The molecule has 0 saturated heterocycles. The molecular weight excluding hydrogens is 339 g/mol. The first-order chi connectivity index (χ1) is 11.7. The number of Topliss-reactive ketones (excluding diaryl/α,β-unsaturated/α-hetero) is 1. The quantitative estimate of drug-likeness (QED) is 0.814. The normalized spacial score (nSPS) is 15.0. The molecule has 8 heteroatoms. The highest BCUT2D eigenvalue weighted by atomic mass is 19.4. The molecule has 2 aromatic rings. The maximum atomic E-state index is 12.3. The molecule has 5 nitrogen and oxygen atoms in total. The number of phenolic OH excluding ortho intramolecular Hbond substituents is 1. The van der Waals surface area contributed by atoms with Crippen LogP contribution in [-0.2, 0) is 4.79 Å². The van der Waals surface area contributed by atoms with Crippen molar-refractivity contribution in [3.8, 4) is 11.5 Å². The number of allylic oxidation sites excluding steroid dienone is 1. The number of carbonyl (C=O) groups excluding carboxylic acids is 2. The zero-order valence-electron chi connectivity index (χ0n) is 12.4. The number of amides is 1. The fourth-order valence-electron chi connectivity index (χ4n) is 2.24. The number of phenols is 1. The van der Waals surface area contributed by atoms with Gasteiger partial charge in [-0.1, -0.05) is 12.1 Å². The smallest absolute Gasteiger partial charge is 0.471 e. The number of nitrogens with one attached hydrogen (secondary N) is 1. The molecule has 25 heavy (non-hydrogen) atoms. The second-order valence-corrected chi connectivity index (χ2v) is 5.20. The van der Waals surface area contributed by atoms with Crippen LogP contribution in [0.4, 0.5) is 18.9 Å². The van der Waals surface area contributed by atoms with E-state index in [0.29, 0.717) is 5.56 Å². The third-order valence-electron chi connectivity index (χ3n) is 3.35. The van der Waals surface area contributed by atoms with E-state index in [1.807, 2.05) is 0 Å².